The Bertz CT molecular complexity index is 389. The van der Waals surface area contributed by atoms with Crippen molar-refractivity contribution >= 4 is 5.91 Å². The van der Waals surface area contributed by atoms with Crippen molar-refractivity contribution in [2.45, 2.75) is 26.1 Å². The molecule has 1 aromatic heterocycles. The molecule has 0 spiro atoms. The minimum Gasteiger partial charge on any atom is -0.368 e. The van der Waals surface area contributed by atoms with Crippen molar-refractivity contribution in [1.29, 1.82) is 0 Å². The number of carbonyl (C=O) groups is 1. The number of carbonyl (C=O) groups excluding carboxylic acids is 1. The Hall–Kier alpha value is -1.40. The Morgan fingerprint density at radius 3 is 3.24 bits per heavy atom. The summed E-state index contributed by atoms with van der Waals surface area (Å²) in [5.41, 5.74) is 6.54. The molecule has 1 atom stereocenters. The molecular weight excluding hydrogens is 218 g/mol. The highest BCUT2D eigenvalue weighted by molar-refractivity contribution is 5.80. The summed E-state index contributed by atoms with van der Waals surface area (Å²) in [5, 5.41) is 3.19. The van der Waals surface area contributed by atoms with Crippen LogP contribution >= 0.6 is 0 Å². The van der Waals surface area contributed by atoms with Crippen molar-refractivity contribution in [2.24, 2.45) is 5.73 Å². The molecule has 3 N–H and O–H groups in total. The lowest BCUT2D eigenvalue weighted by Gasteiger charge is -2.34. The van der Waals surface area contributed by atoms with Crippen LogP contribution in [-0.4, -0.2) is 46.0 Å². The van der Waals surface area contributed by atoms with Crippen LogP contribution in [0.5, 0.6) is 0 Å². The standard InChI is InChI=1S/C11H19N5O/c1-2-15-8-14-5-9(15)7-16-4-3-13-6-10(16)11(12)17/h5,8,10,13H,2-4,6-7H2,1H3,(H2,12,17). The maximum atomic E-state index is 11.4. The number of aromatic nitrogens is 2. The summed E-state index contributed by atoms with van der Waals surface area (Å²) >= 11 is 0. The molecule has 1 unspecified atom stereocenters. The van der Waals surface area contributed by atoms with Gasteiger partial charge in [0.25, 0.3) is 0 Å². The third-order valence-electron chi connectivity index (χ3n) is 3.19. The highest BCUT2D eigenvalue weighted by atomic mass is 16.1. The predicted octanol–water partition coefficient (Wildman–Crippen LogP) is -0.838. The molecule has 2 heterocycles. The molecule has 6 heteroatoms. The minimum atomic E-state index is -0.264. The van der Waals surface area contributed by atoms with Crippen molar-refractivity contribution in [3.8, 4) is 0 Å². The summed E-state index contributed by atoms with van der Waals surface area (Å²) in [6.45, 7) is 6.06. The summed E-state index contributed by atoms with van der Waals surface area (Å²) in [6.07, 6.45) is 3.67. The molecule has 6 nitrogen and oxygen atoms in total. The van der Waals surface area contributed by atoms with E-state index < -0.39 is 0 Å². The Morgan fingerprint density at radius 2 is 2.53 bits per heavy atom. The van der Waals surface area contributed by atoms with Crippen molar-refractivity contribution in [1.82, 2.24) is 19.8 Å². The SMILES string of the molecule is CCn1cncc1CN1CCNCC1C(N)=O. The summed E-state index contributed by atoms with van der Waals surface area (Å²) in [4.78, 5) is 17.6. The highest BCUT2D eigenvalue weighted by Crippen LogP contribution is 2.10. The fourth-order valence-corrected chi connectivity index (χ4v) is 2.19. The van der Waals surface area contributed by atoms with Crippen LogP contribution in [0.4, 0.5) is 0 Å². The lowest BCUT2D eigenvalue weighted by Crippen LogP contribution is -2.56. The average Bonchev–Trinajstić information content (AvgIpc) is 2.77. The van der Waals surface area contributed by atoms with Crippen LogP contribution in [-0.2, 0) is 17.9 Å². The molecule has 0 bridgehead atoms. The van der Waals surface area contributed by atoms with Crippen LogP contribution < -0.4 is 11.1 Å². The number of primary amides is 1. The highest BCUT2D eigenvalue weighted by Gasteiger charge is 2.27. The summed E-state index contributed by atoms with van der Waals surface area (Å²) < 4.78 is 2.08. The summed E-state index contributed by atoms with van der Waals surface area (Å²) in [6, 6.07) is -0.219. The minimum absolute atomic E-state index is 0.219. The van der Waals surface area contributed by atoms with Gasteiger partial charge >= 0.3 is 0 Å². The second kappa shape index (κ2) is 5.29. The topological polar surface area (TPSA) is 76.2 Å². The predicted molar refractivity (Wildman–Crippen MR) is 64.2 cm³/mol. The third-order valence-corrected chi connectivity index (χ3v) is 3.19. The van der Waals surface area contributed by atoms with Gasteiger partial charge < -0.3 is 15.6 Å². The molecule has 1 aromatic rings. The molecular formula is C11H19N5O. The Balaban J connectivity index is 2.08. The fraction of sp³-hybridized carbons (Fsp3) is 0.636. The first-order chi connectivity index (χ1) is 8.22. The Labute approximate surface area is 101 Å². The molecule has 1 amide bonds. The number of nitrogens with two attached hydrogens (primary N) is 1. The number of imidazole rings is 1. The van der Waals surface area contributed by atoms with E-state index in [4.69, 9.17) is 5.73 Å². The molecule has 0 aromatic carbocycles. The van der Waals surface area contributed by atoms with Crippen LogP contribution in [0.2, 0.25) is 0 Å². The van der Waals surface area contributed by atoms with E-state index in [2.05, 4.69) is 26.7 Å². The van der Waals surface area contributed by atoms with E-state index >= 15 is 0 Å². The van der Waals surface area contributed by atoms with Gasteiger partial charge in [0.15, 0.2) is 0 Å². The van der Waals surface area contributed by atoms with Crippen LogP contribution in [0.15, 0.2) is 12.5 Å². The fourth-order valence-electron chi connectivity index (χ4n) is 2.19. The van der Waals surface area contributed by atoms with Crippen molar-refractivity contribution < 1.29 is 4.79 Å². The number of piperazine rings is 1. The summed E-state index contributed by atoms with van der Waals surface area (Å²) in [7, 11) is 0. The first kappa shape index (κ1) is 12.1. The van der Waals surface area contributed by atoms with Crippen LogP contribution in [0.25, 0.3) is 0 Å². The molecule has 2 rings (SSSR count). The zero-order valence-corrected chi connectivity index (χ0v) is 10.1. The van der Waals surface area contributed by atoms with Gasteiger partial charge in [-0.1, -0.05) is 0 Å². The van der Waals surface area contributed by atoms with Gasteiger partial charge in [0, 0.05) is 38.9 Å². The second-order valence-corrected chi connectivity index (χ2v) is 4.26. The molecule has 1 aliphatic heterocycles. The van der Waals surface area contributed by atoms with E-state index in [9.17, 15) is 4.79 Å². The first-order valence-electron chi connectivity index (χ1n) is 5.95. The second-order valence-electron chi connectivity index (χ2n) is 4.26. The van der Waals surface area contributed by atoms with Crippen LogP contribution in [0, 0.1) is 0 Å². The van der Waals surface area contributed by atoms with Crippen molar-refractivity contribution in [2.75, 3.05) is 19.6 Å². The van der Waals surface area contributed by atoms with E-state index in [1.165, 1.54) is 0 Å². The van der Waals surface area contributed by atoms with Crippen LogP contribution in [0.3, 0.4) is 0 Å². The molecule has 0 aliphatic carbocycles. The average molecular weight is 237 g/mol. The molecule has 17 heavy (non-hydrogen) atoms. The molecule has 0 radical (unpaired) electrons. The normalized spacial score (nSPS) is 21.6. The first-order valence-corrected chi connectivity index (χ1v) is 5.95. The van der Waals surface area contributed by atoms with Gasteiger partial charge in [-0.2, -0.15) is 0 Å². The van der Waals surface area contributed by atoms with Gasteiger partial charge in [0.1, 0.15) is 6.04 Å². The number of hydrogen-bond acceptors (Lipinski definition) is 4. The van der Waals surface area contributed by atoms with Crippen LogP contribution in [0.1, 0.15) is 12.6 Å². The number of amides is 1. The van der Waals surface area contributed by atoms with Crippen molar-refractivity contribution in [3.63, 3.8) is 0 Å². The van der Waals surface area contributed by atoms with Gasteiger partial charge in [-0.3, -0.25) is 9.69 Å². The number of nitrogens with one attached hydrogen (secondary N) is 1. The lowest BCUT2D eigenvalue weighted by atomic mass is 10.1. The molecule has 1 aliphatic rings. The third kappa shape index (κ3) is 2.65. The zero-order valence-electron chi connectivity index (χ0n) is 10.1. The maximum Gasteiger partial charge on any atom is 0.236 e. The molecule has 1 saturated heterocycles. The smallest absolute Gasteiger partial charge is 0.236 e. The Morgan fingerprint density at radius 1 is 1.71 bits per heavy atom. The van der Waals surface area contributed by atoms with E-state index in [0.29, 0.717) is 6.54 Å². The largest absolute Gasteiger partial charge is 0.368 e. The monoisotopic (exact) mass is 237 g/mol. The van der Waals surface area contributed by atoms with Gasteiger partial charge in [0.05, 0.1) is 12.0 Å². The number of nitrogens with zero attached hydrogens (tertiary/aromatic N) is 3. The van der Waals surface area contributed by atoms with Gasteiger partial charge in [-0.25, -0.2) is 4.98 Å². The van der Waals surface area contributed by atoms with Gasteiger partial charge in [0.2, 0.25) is 5.91 Å². The molecule has 0 saturated carbocycles. The maximum absolute atomic E-state index is 11.4. The van der Waals surface area contributed by atoms with E-state index in [1.54, 1.807) is 0 Å². The number of aryl methyl sites for hydroxylation is 1. The number of rotatable bonds is 4. The van der Waals surface area contributed by atoms with E-state index in [0.717, 1.165) is 31.9 Å². The zero-order chi connectivity index (χ0) is 12.3. The number of hydrogen-bond donors (Lipinski definition) is 2. The lowest BCUT2D eigenvalue weighted by molar-refractivity contribution is -0.124. The molecule has 1 fully saturated rings. The Kier molecular flexibility index (Phi) is 3.75. The van der Waals surface area contributed by atoms with Crippen molar-refractivity contribution in [3.05, 3.63) is 18.2 Å². The molecule has 94 valence electrons. The summed E-state index contributed by atoms with van der Waals surface area (Å²) in [5.74, 6) is -0.264. The van der Waals surface area contributed by atoms with E-state index in [1.807, 2.05) is 12.5 Å². The quantitative estimate of drug-likeness (QED) is 0.716. The van der Waals surface area contributed by atoms with E-state index in [-0.39, 0.29) is 11.9 Å². The van der Waals surface area contributed by atoms with Gasteiger partial charge in [-0.15, -0.1) is 0 Å². The van der Waals surface area contributed by atoms with Gasteiger partial charge in [-0.05, 0) is 6.92 Å².